The molecule has 1 rings (SSSR count). The van der Waals surface area contributed by atoms with E-state index in [0.717, 1.165) is 5.69 Å². The zero-order chi connectivity index (χ0) is 12.3. The number of primary sulfonamides is 1. The summed E-state index contributed by atoms with van der Waals surface area (Å²) in [5.74, 6) is 0. The SMILES string of the molecule is CC(CO)N(C)c1ccc(S(N)(=O)=O)cc1. The van der Waals surface area contributed by atoms with Gasteiger partial charge in [0.1, 0.15) is 0 Å². The molecule has 1 unspecified atom stereocenters. The summed E-state index contributed by atoms with van der Waals surface area (Å²) in [6.45, 7) is 1.90. The van der Waals surface area contributed by atoms with Crippen molar-refractivity contribution < 1.29 is 13.5 Å². The quantitative estimate of drug-likeness (QED) is 0.789. The van der Waals surface area contributed by atoms with Crippen molar-refractivity contribution in [1.82, 2.24) is 0 Å². The van der Waals surface area contributed by atoms with Gasteiger partial charge in [0.05, 0.1) is 11.5 Å². The van der Waals surface area contributed by atoms with Gasteiger partial charge in [-0.15, -0.1) is 0 Å². The summed E-state index contributed by atoms with van der Waals surface area (Å²) in [4.78, 5) is 1.94. The number of nitrogens with two attached hydrogens (primary N) is 1. The number of aliphatic hydroxyl groups excluding tert-OH is 1. The Hall–Kier alpha value is -1.11. The third-order valence-corrected chi connectivity index (χ3v) is 3.43. The van der Waals surface area contributed by atoms with Gasteiger partial charge in [0.2, 0.25) is 10.0 Å². The maximum atomic E-state index is 11.0. The lowest BCUT2D eigenvalue weighted by Gasteiger charge is -2.25. The molecule has 0 saturated heterocycles. The van der Waals surface area contributed by atoms with Gasteiger partial charge in [-0.1, -0.05) is 0 Å². The van der Waals surface area contributed by atoms with Crippen LogP contribution in [-0.4, -0.2) is 33.2 Å². The number of nitrogens with zero attached hydrogens (tertiary/aromatic N) is 1. The molecule has 0 radical (unpaired) electrons. The van der Waals surface area contributed by atoms with Crippen LogP contribution >= 0.6 is 0 Å². The summed E-state index contributed by atoms with van der Waals surface area (Å²) >= 11 is 0. The topological polar surface area (TPSA) is 83.6 Å². The molecular formula is C10H16N2O3S. The first-order valence-corrected chi connectivity index (χ1v) is 6.37. The molecule has 1 atom stereocenters. The molecule has 5 nitrogen and oxygen atoms in total. The zero-order valence-corrected chi connectivity index (χ0v) is 10.1. The molecule has 0 aromatic heterocycles. The van der Waals surface area contributed by atoms with Crippen LogP contribution in [0.5, 0.6) is 0 Å². The first-order valence-electron chi connectivity index (χ1n) is 4.83. The Bertz CT molecular complexity index is 442. The number of anilines is 1. The van der Waals surface area contributed by atoms with Crippen LogP contribution in [0.1, 0.15) is 6.92 Å². The molecule has 1 aromatic carbocycles. The monoisotopic (exact) mass is 244 g/mol. The average molecular weight is 244 g/mol. The molecule has 3 N–H and O–H groups in total. The van der Waals surface area contributed by atoms with Gasteiger partial charge in [-0.2, -0.15) is 0 Å². The van der Waals surface area contributed by atoms with E-state index in [0.29, 0.717) is 0 Å². The predicted molar refractivity (Wildman–Crippen MR) is 62.8 cm³/mol. The molecule has 0 heterocycles. The lowest BCUT2D eigenvalue weighted by atomic mass is 10.2. The normalized spacial score (nSPS) is 13.5. The molecule has 0 aliphatic carbocycles. The molecular weight excluding hydrogens is 228 g/mol. The summed E-state index contributed by atoms with van der Waals surface area (Å²) in [6.07, 6.45) is 0. The number of likely N-dealkylation sites (N-methyl/N-ethyl adjacent to an activating group) is 1. The Kier molecular flexibility index (Phi) is 3.90. The Balaban J connectivity index is 2.96. The molecule has 0 saturated carbocycles. The summed E-state index contributed by atoms with van der Waals surface area (Å²) in [7, 11) is -1.81. The van der Waals surface area contributed by atoms with Crippen molar-refractivity contribution in [3.63, 3.8) is 0 Å². The largest absolute Gasteiger partial charge is 0.394 e. The van der Waals surface area contributed by atoms with Crippen molar-refractivity contribution in [2.24, 2.45) is 5.14 Å². The summed E-state index contributed by atoms with van der Waals surface area (Å²) < 4.78 is 22.1. The van der Waals surface area contributed by atoms with E-state index in [9.17, 15) is 8.42 Å². The highest BCUT2D eigenvalue weighted by Crippen LogP contribution is 2.17. The van der Waals surface area contributed by atoms with Crippen LogP contribution in [-0.2, 0) is 10.0 Å². The van der Waals surface area contributed by atoms with Crippen LogP contribution < -0.4 is 10.0 Å². The highest BCUT2D eigenvalue weighted by atomic mass is 32.2. The Morgan fingerprint density at radius 1 is 1.38 bits per heavy atom. The fourth-order valence-electron chi connectivity index (χ4n) is 1.25. The number of aliphatic hydroxyl groups is 1. The Morgan fingerprint density at radius 2 is 1.88 bits per heavy atom. The summed E-state index contributed by atoms with van der Waals surface area (Å²) in [5, 5.41) is 14.0. The molecule has 0 fully saturated rings. The number of benzene rings is 1. The van der Waals surface area contributed by atoms with Gasteiger partial charge in [-0.25, -0.2) is 13.6 Å². The molecule has 0 amide bonds. The first-order chi connectivity index (χ1) is 7.36. The number of sulfonamides is 1. The van der Waals surface area contributed by atoms with Gasteiger partial charge in [0.25, 0.3) is 0 Å². The fraction of sp³-hybridized carbons (Fsp3) is 0.400. The van der Waals surface area contributed by atoms with Crippen molar-refractivity contribution in [2.75, 3.05) is 18.6 Å². The lowest BCUT2D eigenvalue weighted by molar-refractivity contribution is 0.270. The van der Waals surface area contributed by atoms with E-state index in [1.165, 1.54) is 12.1 Å². The van der Waals surface area contributed by atoms with Crippen molar-refractivity contribution >= 4 is 15.7 Å². The molecule has 0 aliphatic rings. The van der Waals surface area contributed by atoms with Crippen LogP contribution in [0.3, 0.4) is 0 Å². The van der Waals surface area contributed by atoms with Crippen LogP contribution in [0.15, 0.2) is 29.2 Å². The van der Waals surface area contributed by atoms with E-state index in [4.69, 9.17) is 10.2 Å². The third-order valence-electron chi connectivity index (χ3n) is 2.50. The van der Waals surface area contributed by atoms with Gasteiger partial charge in [0.15, 0.2) is 0 Å². The van der Waals surface area contributed by atoms with E-state index in [2.05, 4.69) is 0 Å². The molecule has 1 aromatic rings. The number of hydrogen-bond donors (Lipinski definition) is 2. The standard InChI is InChI=1S/C10H16N2O3S/c1-8(7-13)12(2)9-3-5-10(6-4-9)16(11,14)15/h3-6,8,13H,7H2,1-2H3,(H2,11,14,15). The van der Waals surface area contributed by atoms with Crippen LogP contribution in [0.4, 0.5) is 5.69 Å². The van der Waals surface area contributed by atoms with E-state index in [-0.39, 0.29) is 17.5 Å². The van der Waals surface area contributed by atoms with Crippen molar-refractivity contribution in [2.45, 2.75) is 17.9 Å². The smallest absolute Gasteiger partial charge is 0.238 e. The maximum Gasteiger partial charge on any atom is 0.238 e. The fourth-order valence-corrected chi connectivity index (χ4v) is 1.76. The van der Waals surface area contributed by atoms with Crippen molar-refractivity contribution in [3.05, 3.63) is 24.3 Å². The van der Waals surface area contributed by atoms with E-state index in [1.807, 2.05) is 18.9 Å². The number of hydrogen-bond acceptors (Lipinski definition) is 4. The van der Waals surface area contributed by atoms with Gasteiger partial charge in [-0.3, -0.25) is 0 Å². The molecule has 0 spiro atoms. The van der Waals surface area contributed by atoms with Crippen LogP contribution in [0, 0.1) is 0 Å². The Labute approximate surface area is 95.5 Å². The van der Waals surface area contributed by atoms with Gasteiger partial charge in [0, 0.05) is 18.8 Å². The molecule has 0 aliphatic heterocycles. The van der Waals surface area contributed by atoms with Gasteiger partial charge < -0.3 is 10.0 Å². The van der Waals surface area contributed by atoms with Crippen LogP contribution in [0.2, 0.25) is 0 Å². The second kappa shape index (κ2) is 4.82. The first kappa shape index (κ1) is 13.0. The zero-order valence-electron chi connectivity index (χ0n) is 9.29. The average Bonchev–Trinajstić information content (AvgIpc) is 2.26. The molecule has 6 heteroatoms. The molecule has 90 valence electrons. The molecule has 0 bridgehead atoms. The van der Waals surface area contributed by atoms with E-state index >= 15 is 0 Å². The second-order valence-corrected chi connectivity index (χ2v) is 5.24. The number of rotatable bonds is 4. The predicted octanol–water partition coefficient (Wildman–Crippen LogP) is 0.151. The van der Waals surface area contributed by atoms with Gasteiger partial charge >= 0.3 is 0 Å². The second-order valence-electron chi connectivity index (χ2n) is 3.68. The van der Waals surface area contributed by atoms with Crippen molar-refractivity contribution in [3.8, 4) is 0 Å². The minimum atomic E-state index is -3.64. The molecule has 16 heavy (non-hydrogen) atoms. The minimum Gasteiger partial charge on any atom is -0.394 e. The maximum absolute atomic E-state index is 11.0. The highest BCUT2D eigenvalue weighted by molar-refractivity contribution is 7.89. The third kappa shape index (κ3) is 2.94. The summed E-state index contributed by atoms with van der Waals surface area (Å²) in [6, 6.07) is 6.19. The minimum absolute atomic E-state index is 0.0275. The summed E-state index contributed by atoms with van der Waals surface area (Å²) in [5.41, 5.74) is 0.828. The van der Waals surface area contributed by atoms with E-state index in [1.54, 1.807) is 12.1 Å². The lowest BCUT2D eigenvalue weighted by Crippen LogP contribution is -2.31. The van der Waals surface area contributed by atoms with Crippen molar-refractivity contribution in [1.29, 1.82) is 0 Å². The van der Waals surface area contributed by atoms with E-state index < -0.39 is 10.0 Å². The van der Waals surface area contributed by atoms with Gasteiger partial charge in [-0.05, 0) is 31.2 Å². The Morgan fingerprint density at radius 3 is 2.25 bits per heavy atom. The highest BCUT2D eigenvalue weighted by Gasteiger charge is 2.11. The van der Waals surface area contributed by atoms with Crippen LogP contribution in [0.25, 0.3) is 0 Å².